The van der Waals surface area contributed by atoms with E-state index >= 15 is 0 Å². The predicted octanol–water partition coefficient (Wildman–Crippen LogP) is 1.14. The summed E-state index contributed by atoms with van der Waals surface area (Å²) >= 11 is 0. The molecule has 0 spiro atoms. The third-order valence-electron chi connectivity index (χ3n) is 4.51. The molecule has 5 nitrogen and oxygen atoms in total. The van der Waals surface area contributed by atoms with E-state index < -0.39 is 21.2 Å². The smallest absolute Gasteiger partial charge is 0.310 e. The summed E-state index contributed by atoms with van der Waals surface area (Å²) in [7, 11) is -2.90. The average Bonchev–Trinajstić information content (AvgIpc) is 2.70. The highest BCUT2D eigenvalue weighted by molar-refractivity contribution is 7.91. The zero-order valence-electron chi connectivity index (χ0n) is 11.5. The van der Waals surface area contributed by atoms with Crippen LogP contribution in [0.5, 0.6) is 0 Å². The number of carboxylic acid groups (broad SMARTS) is 1. The average molecular weight is 289 g/mol. The van der Waals surface area contributed by atoms with Gasteiger partial charge in [0.2, 0.25) is 0 Å². The number of nitrogens with zero attached hydrogens (tertiary/aromatic N) is 1. The number of hydrogen-bond acceptors (Lipinski definition) is 4. The van der Waals surface area contributed by atoms with Crippen molar-refractivity contribution in [2.45, 2.75) is 45.1 Å². The molecule has 2 rings (SSSR count). The van der Waals surface area contributed by atoms with Crippen LogP contribution >= 0.6 is 0 Å². The van der Waals surface area contributed by atoms with E-state index in [1.807, 2.05) is 6.92 Å². The van der Waals surface area contributed by atoms with Gasteiger partial charge in [0.25, 0.3) is 0 Å². The van der Waals surface area contributed by atoms with E-state index in [4.69, 9.17) is 0 Å². The van der Waals surface area contributed by atoms with E-state index in [0.29, 0.717) is 25.8 Å². The van der Waals surface area contributed by atoms with Crippen molar-refractivity contribution in [2.75, 3.05) is 24.6 Å². The summed E-state index contributed by atoms with van der Waals surface area (Å²) in [6, 6.07) is 0.0286. The molecule has 0 aromatic heterocycles. The first kappa shape index (κ1) is 14.8. The molecule has 2 fully saturated rings. The van der Waals surface area contributed by atoms with E-state index in [9.17, 15) is 18.3 Å². The second-order valence-electron chi connectivity index (χ2n) is 5.97. The number of carboxylic acids is 1. The molecular weight excluding hydrogens is 266 g/mol. The summed E-state index contributed by atoms with van der Waals surface area (Å²) < 4.78 is 23.1. The summed E-state index contributed by atoms with van der Waals surface area (Å²) in [6.07, 6.45) is 3.75. The zero-order valence-corrected chi connectivity index (χ0v) is 12.3. The fourth-order valence-corrected chi connectivity index (χ4v) is 5.27. The second kappa shape index (κ2) is 5.40. The van der Waals surface area contributed by atoms with Crippen LogP contribution in [-0.2, 0) is 14.6 Å². The molecule has 0 aromatic rings. The lowest BCUT2D eigenvalue weighted by Gasteiger charge is -2.42. The van der Waals surface area contributed by atoms with Gasteiger partial charge in [0.15, 0.2) is 9.84 Å². The minimum Gasteiger partial charge on any atom is -0.481 e. The van der Waals surface area contributed by atoms with Crippen molar-refractivity contribution in [1.82, 2.24) is 4.90 Å². The zero-order chi connectivity index (χ0) is 14.1. The van der Waals surface area contributed by atoms with Crippen molar-refractivity contribution < 1.29 is 18.3 Å². The summed E-state index contributed by atoms with van der Waals surface area (Å²) in [5.74, 6) is -0.267. The largest absolute Gasteiger partial charge is 0.481 e. The summed E-state index contributed by atoms with van der Waals surface area (Å²) in [5, 5.41) is 9.54. The molecule has 0 aliphatic carbocycles. The van der Waals surface area contributed by atoms with Gasteiger partial charge in [0, 0.05) is 12.6 Å². The Morgan fingerprint density at radius 3 is 2.74 bits per heavy atom. The molecule has 2 unspecified atom stereocenters. The minimum absolute atomic E-state index is 0.0286. The molecule has 6 heteroatoms. The quantitative estimate of drug-likeness (QED) is 0.840. The van der Waals surface area contributed by atoms with Gasteiger partial charge in [0.05, 0.1) is 16.9 Å². The normalized spacial score (nSPS) is 35.3. The molecule has 0 radical (unpaired) electrons. The Kier molecular flexibility index (Phi) is 4.20. The van der Waals surface area contributed by atoms with E-state index in [1.54, 1.807) is 0 Å². The van der Waals surface area contributed by atoms with E-state index in [0.717, 1.165) is 19.4 Å². The van der Waals surface area contributed by atoms with Gasteiger partial charge in [-0.05, 0) is 32.2 Å². The van der Waals surface area contributed by atoms with Crippen LogP contribution in [0.3, 0.4) is 0 Å². The molecule has 0 amide bonds. The fraction of sp³-hybridized carbons (Fsp3) is 0.923. The monoisotopic (exact) mass is 289 g/mol. The van der Waals surface area contributed by atoms with Gasteiger partial charge >= 0.3 is 5.97 Å². The van der Waals surface area contributed by atoms with Crippen molar-refractivity contribution >= 4 is 15.8 Å². The van der Waals surface area contributed by atoms with Gasteiger partial charge in [0.1, 0.15) is 0 Å². The number of likely N-dealkylation sites (tertiary alicyclic amines) is 1. The first-order valence-electron chi connectivity index (χ1n) is 7.06. The molecule has 1 N–H and O–H groups in total. The van der Waals surface area contributed by atoms with Gasteiger partial charge in [-0.3, -0.25) is 9.69 Å². The number of piperidine rings is 1. The van der Waals surface area contributed by atoms with E-state index in [2.05, 4.69) is 4.90 Å². The van der Waals surface area contributed by atoms with Crippen molar-refractivity contribution in [2.24, 2.45) is 5.41 Å². The molecule has 0 saturated carbocycles. The second-order valence-corrected chi connectivity index (χ2v) is 8.20. The number of rotatable bonds is 4. The van der Waals surface area contributed by atoms with Crippen molar-refractivity contribution in [3.8, 4) is 0 Å². The first-order chi connectivity index (χ1) is 8.88. The summed E-state index contributed by atoms with van der Waals surface area (Å²) in [6.45, 7) is 3.35. The number of carbonyl (C=O) groups is 1. The molecular formula is C13H23NO4S. The summed E-state index contributed by atoms with van der Waals surface area (Å²) in [4.78, 5) is 13.7. The molecule has 2 heterocycles. The lowest BCUT2D eigenvalue weighted by molar-refractivity contribution is -0.153. The van der Waals surface area contributed by atoms with Crippen LogP contribution in [0.1, 0.15) is 39.0 Å². The molecule has 19 heavy (non-hydrogen) atoms. The Morgan fingerprint density at radius 1 is 1.47 bits per heavy atom. The number of aliphatic carboxylic acids is 1. The molecule has 2 aliphatic heterocycles. The van der Waals surface area contributed by atoms with Gasteiger partial charge in [-0.2, -0.15) is 0 Å². The SMILES string of the molecule is CCCC1(C(=O)O)CCCN(C2CCS(=O)(=O)C2)C1. The first-order valence-corrected chi connectivity index (χ1v) is 8.88. The highest BCUT2D eigenvalue weighted by atomic mass is 32.2. The number of hydrogen-bond donors (Lipinski definition) is 1. The van der Waals surface area contributed by atoms with Crippen molar-refractivity contribution in [1.29, 1.82) is 0 Å². The Hall–Kier alpha value is -0.620. The molecule has 2 saturated heterocycles. The topological polar surface area (TPSA) is 74.7 Å². The Morgan fingerprint density at radius 2 is 2.21 bits per heavy atom. The van der Waals surface area contributed by atoms with Crippen LogP contribution < -0.4 is 0 Å². The van der Waals surface area contributed by atoms with Crippen LogP contribution in [0.25, 0.3) is 0 Å². The van der Waals surface area contributed by atoms with E-state index in [-0.39, 0.29) is 17.5 Å². The Labute approximate surface area is 114 Å². The fourth-order valence-electron chi connectivity index (χ4n) is 3.51. The standard InChI is InChI=1S/C13H23NO4S/c1-2-5-13(12(15)16)6-3-7-14(10-13)11-4-8-19(17,18)9-11/h11H,2-10H2,1H3,(H,15,16). The van der Waals surface area contributed by atoms with Gasteiger partial charge in [-0.1, -0.05) is 13.3 Å². The maximum atomic E-state index is 11.6. The molecule has 2 atom stereocenters. The highest BCUT2D eigenvalue weighted by Crippen LogP contribution is 2.37. The van der Waals surface area contributed by atoms with Crippen molar-refractivity contribution in [3.05, 3.63) is 0 Å². The van der Waals surface area contributed by atoms with Gasteiger partial charge in [-0.15, -0.1) is 0 Å². The molecule has 0 aromatic carbocycles. The predicted molar refractivity (Wildman–Crippen MR) is 72.8 cm³/mol. The molecule has 0 bridgehead atoms. The number of sulfone groups is 1. The highest BCUT2D eigenvalue weighted by Gasteiger charge is 2.44. The third-order valence-corrected chi connectivity index (χ3v) is 6.26. The van der Waals surface area contributed by atoms with Gasteiger partial charge < -0.3 is 5.11 Å². The maximum absolute atomic E-state index is 11.6. The van der Waals surface area contributed by atoms with Crippen molar-refractivity contribution in [3.63, 3.8) is 0 Å². The lowest BCUT2D eigenvalue weighted by Crippen LogP contribution is -2.51. The maximum Gasteiger partial charge on any atom is 0.310 e. The minimum atomic E-state index is -2.90. The Bertz CT molecular complexity index is 444. The molecule has 110 valence electrons. The van der Waals surface area contributed by atoms with E-state index in [1.165, 1.54) is 0 Å². The van der Waals surface area contributed by atoms with Crippen LogP contribution in [0.2, 0.25) is 0 Å². The van der Waals surface area contributed by atoms with Crippen LogP contribution in [-0.4, -0.2) is 55.0 Å². The van der Waals surface area contributed by atoms with Crippen LogP contribution in [0.4, 0.5) is 0 Å². The van der Waals surface area contributed by atoms with Gasteiger partial charge in [-0.25, -0.2) is 8.42 Å². The summed E-state index contributed by atoms with van der Waals surface area (Å²) in [5.41, 5.74) is -0.667. The third kappa shape index (κ3) is 3.11. The van der Waals surface area contributed by atoms with Crippen LogP contribution in [0.15, 0.2) is 0 Å². The van der Waals surface area contributed by atoms with Crippen LogP contribution in [0, 0.1) is 5.41 Å². The lowest BCUT2D eigenvalue weighted by atomic mass is 9.76. The Balaban J connectivity index is 2.10. The molecule has 2 aliphatic rings.